The zero-order valence-corrected chi connectivity index (χ0v) is 14.6. The van der Waals surface area contributed by atoms with Crippen molar-refractivity contribution in [3.05, 3.63) is 42.2 Å². The normalized spacial score (nSPS) is 10.0. The average molecular weight is 362 g/mol. The monoisotopic (exact) mass is 362 g/mol. The Morgan fingerprint density at radius 2 is 1.46 bits per heavy atom. The highest BCUT2D eigenvalue weighted by Crippen LogP contribution is 2.39. The Kier molecular flexibility index (Phi) is 6.37. The smallest absolute Gasteiger partial charge is 0.233 e. The van der Waals surface area contributed by atoms with Crippen LogP contribution in [0.1, 0.15) is 6.42 Å². The van der Waals surface area contributed by atoms with Gasteiger partial charge < -0.3 is 24.8 Å². The van der Waals surface area contributed by atoms with Crippen LogP contribution in [0, 0.1) is 5.82 Å². The quantitative estimate of drug-likeness (QED) is 0.740. The van der Waals surface area contributed by atoms with Gasteiger partial charge in [-0.3, -0.25) is 9.59 Å². The van der Waals surface area contributed by atoms with Crippen LogP contribution in [0.4, 0.5) is 15.8 Å². The number of hydrogen-bond acceptors (Lipinski definition) is 5. The number of methoxy groups -OCH3 is 3. The topological polar surface area (TPSA) is 85.9 Å². The van der Waals surface area contributed by atoms with Gasteiger partial charge in [0.1, 0.15) is 12.2 Å². The van der Waals surface area contributed by atoms with E-state index in [9.17, 15) is 14.0 Å². The van der Waals surface area contributed by atoms with E-state index >= 15 is 0 Å². The van der Waals surface area contributed by atoms with Crippen LogP contribution in [0.15, 0.2) is 36.4 Å². The van der Waals surface area contributed by atoms with Crippen molar-refractivity contribution in [3.8, 4) is 17.2 Å². The zero-order chi connectivity index (χ0) is 19.1. The lowest BCUT2D eigenvalue weighted by molar-refractivity contribution is -0.123. The molecule has 2 aromatic rings. The molecule has 0 radical (unpaired) electrons. The number of halogens is 1. The van der Waals surface area contributed by atoms with Gasteiger partial charge in [-0.05, 0) is 18.2 Å². The van der Waals surface area contributed by atoms with Gasteiger partial charge >= 0.3 is 0 Å². The first-order valence-corrected chi connectivity index (χ1v) is 7.62. The number of hydrogen-bond donors (Lipinski definition) is 2. The summed E-state index contributed by atoms with van der Waals surface area (Å²) in [6.45, 7) is 0. The highest BCUT2D eigenvalue weighted by atomic mass is 19.1. The molecule has 0 aliphatic rings. The van der Waals surface area contributed by atoms with E-state index in [1.165, 1.54) is 39.5 Å². The van der Waals surface area contributed by atoms with E-state index in [-0.39, 0.29) is 5.69 Å². The molecule has 2 N–H and O–H groups in total. The summed E-state index contributed by atoms with van der Waals surface area (Å²) in [7, 11) is 4.38. The van der Waals surface area contributed by atoms with Gasteiger partial charge in [-0.1, -0.05) is 6.07 Å². The summed E-state index contributed by atoms with van der Waals surface area (Å²) >= 11 is 0. The van der Waals surface area contributed by atoms with E-state index in [4.69, 9.17) is 14.2 Å². The molecule has 0 heterocycles. The molecule has 0 bridgehead atoms. The van der Waals surface area contributed by atoms with Crippen LogP contribution in [0.5, 0.6) is 17.2 Å². The third kappa shape index (κ3) is 4.85. The van der Waals surface area contributed by atoms with Crippen LogP contribution >= 0.6 is 0 Å². The maximum atomic E-state index is 13.1. The van der Waals surface area contributed by atoms with Crippen molar-refractivity contribution >= 4 is 23.2 Å². The Bertz CT molecular complexity index is 785. The molecule has 0 aliphatic heterocycles. The van der Waals surface area contributed by atoms with E-state index < -0.39 is 24.1 Å². The van der Waals surface area contributed by atoms with E-state index in [1.807, 2.05) is 0 Å². The second-order valence-electron chi connectivity index (χ2n) is 5.20. The van der Waals surface area contributed by atoms with Crippen LogP contribution in [0.25, 0.3) is 0 Å². The van der Waals surface area contributed by atoms with E-state index in [0.29, 0.717) is 22.9 Å². The molecule has 7 nitrogen and oxygen atoms in total. The second kappa shape index (κ2) is 8.70. The Labute approximate surface area is 150 Å². The van der Waals surface area contributed by atoms with Gasteiger partial charge in [-0.25, -0.2) is 4.39 Å². The summed E-state index contributed by atoms with van der Waals surface area (Å²) in [5.41, 5.74) is 0.652. The Morgan fingerprint density at radius 1 is 0.885 bits per heavy atom. The van der Waals surface area contributed by atoms with Crippen molar-refractivity contribution < 1.29 is 28.2 Å². The standard InChI is InChI=1S/C18H19FN2O5/c1-24-14-8-13(9-15(25-2)18(14)26-3)21-17(23)10-16(22)20-12-6-4-5-11(19)7-12/h4-9H,10H2,1-3H3,(H,20,22)(H,21,23). The maximum absolute atomic E-state index is 13.1. The molecule has 0 aromatic heterocycles. The molecule has 0 saturated carbocycles. The number of anilines is 2. The fourth-order valence-corrected chi connectivity index (χ4v) is 2.28. The molecule has 0 fully saturated rings. The van der Waals surface area contributed by atoms with E-state index in [0.717, 1.165) is 6.07 Å². The highest BCUT2D eigenvalue weighted by molar-refractivity contribution is 6.08. The summed E-state index contributed by atoms with van der Waals surface area (Å²) < 4.78 is 28.7. The molecular formula is C18H19FN2O5. The lowest BCUT2D eigenvalue weighted by Crippen LogP contribution is -2.21. The number of nitrogens with one attached hydrogen (secondary N) is 2. The number of benzene rings is 2. The molecule has 0 atom stereocenters. The first kappa shape index (κ1) is 19.0. The van der Waals surface area contributed by atoms with Gasteiger partial charge in [0.25, 0.3) is 0 Å². The SMILES string of the molecule is COc1cc(NC(=O)CC(=O)Nc2cccc(F)c2)cc(OC)c1OC. The largest absolute Gasteiger partial charge is 0.493 e. The summed E-state index contributed by atoms with van der Waals surface area (Å²) in [4.78, 5) is 24.0. The number of carbonyl (C=O) groups is 2. The third-order valence-electron chi connectivity index (χ3n) is 3.38. The fraction of sp³-hybridized carbons (Fsp3) is 0.222. The van der Waals surface area contributed by atoms with E-state index in [2.05, 4.69) is 10.6 Å². The van der Waals surface area contributed by atoms with E-state index in [1.54, 1.807) is 12.1 Å². The first-order chi connectivity index (χ1) is 12.5. The highest BCUT2D eigenvalue weighted by Gasteiger charge is 2.16. The summed E-state index contributed by atoms with van der Waals surface area (Å²) in [6, 6.07) is 8.49. The molecule has 2 rings (SSSR count). The van der Waals surface area contributed by atoms with Gasteiger partial charge in [-0.2, -0.15) is 0 Å². The summed E-state index contributed by atoms with van der Waals surface area (Å²) in [5.74, 6) is -0.479. The molecule has 2 amide bonds. The molecule has 138 valence electrons. The van der Waals surface area contributed by atoms with Crippen molar-refractivity contribution in [3.63, 3.8) is 0 Å². The molecule has 26 heavy (non-hydrogen) atoms. The van der Waals surface area contributed by atoms with Crippen molar-refractivity contribution in [2.45, 2.75) is 6.42 Å². The minimum absolute atomic E-state index is 0.274. The lowest BCUT2D eigenvalue weighted by atomic mass is 10.2. The number of ether oxygens (including phenoxy) is 3. The molecule has 0 spiro atoms. The summed E-state index contributed by atoms with van der Waals surface area (Å²) in [5, 5.41) is 5.03. The molecule has 8 heteroatoms. The van der Waals surface area contributed by atoms with Crippen LogP contribution in [0.3, 0.4) is 0 Å². The van der Waals surface area contributed by atoms with Gasteiger partial charge in [0.15, 0.2) is 11.5 Å². The van der Waals surface area contributed by atoms with Crippen molar-refractivity contribution in [2.75, 3.05) is 32.0 Å². The van der Waals surface area contributed by atoms with Crippen molar-refractivity contribution in [1.82, 2.24) is 0 Å². The zero-order valence-electron chi connectivity index (χ0n) is 14.6. The number of amides is 2. The van der Waals surface area contributed by atoms with Crippen LogP contribution in [-0.2, 0) is 9.59 Å². The molecule has 0 aliphatic carbocycles. The predicted octanol–water partition coefficient (Wildman–Crippen LogP) is 2.82. The fourth-order valence-electron chi connectivity index (χ4n) is 2.28. The van der Waals surface area contributed by atoms with Gasteiger partial charge in [0.05, 0.1) is 21.3 Å². The van der Waals surface area contributed by atoms with Crippen LogP contribution < -0.4 is 24.8 Å². The van der Waals surface area contributed by atoms with Gasteiger partial charge in [-0.15, -0.1) is 0 Å². The van der Waals surface area contributed by atoms with Gasteiger partial charge in [0.2, 0.25) is 17.6 Å². The van der Waals surface area contributed by atoms with Crippen LogP contribution in [0.2, 0.25) is 0 Å². The number of carbonyl (C=O) groups excluding carboxylic acids is 2. The Balaban J connectivity index is 2.04. The lowest BCUT2D eigenvalue weighted by Gasteiger charge is -2.14. The molecule has 0 unspecified atom stereocenters. The first-order valence-electron chi connectivity index (χ1n) is 7.62. The second-order valence-corrected chi connectivity index (χ2v) is 5.20. The van der Waals surface area contributed by atoms with Crippen molar-refractivity contribution in [2.24, 2.45) is 0 Å². The van der Waals surface area contributed by atoms with Crippen LogP contribution in [-0.4, -0.2) is 33.1 Å². The maximum Gasteiger partial charge on any atom is 0.233 e. The summed E-state index contributed by atoms with van der Waals surface area (Å²) in [6.07, 6.45) is -0.437. The minimum atomic E-state index is -0.569. The average Bonchev–Trinajstić information content (AvgIpc) is 2.60. The molecule has 2 aromatic carbocycles. The Hall–Kier alpha value is -3.29. The van der Waals surface area contributed by atoms with Crippen molar-refractivity contribution in [1.29, 1.82) is 0 Å². The third-order valence-corrected chi connectivity index (χ3v) is 3.38. The minimum Gasteiger partial charge on any atom is -0.493 e. The molecule has 0 saturated heterocycles. The Morgan fingerprint density at radius 3 is 1.96 bits per heavy atom. The predicted molar refractivity (Wildman–Crippen MR) is 94.4 cm³/mol. The number of rotatable bonds is 7. The van der Waals surface area contributed by atoms with Gasteiger partial charge in [0, 0.05) is 23.5 Å². The molecular weight excluding hydrogens is 343 g/mol.